The van der Waals surface area contributed by atoms with Crippen LogP contribution in [-0.4, -0.2) is 0 Å². The molecule has 2 rings (SSSR count). The second-order valence-corrected chi connectivity index (χ2v) is 4.63. The van der Waals surface area contributed by atoms with Gasteiger partial charge in [-0.05, 0) is 17.5 Å². The molecular formula is C21H20. The smallest absolute Gasteiger partial charge is 0.0163 e. The van der Waals surface area contributed by atoms with E-state index in [1.807, 2.05) is 36.4 Å². The van der Waals surface area contributed by atoms with E-state index in [1.54, 1.807) is 0 Å². The lowest BCUT2D eigenvalue weighted by atomic mass is 10.2. The van der Waals surface area contributed by atoms with E-state index in [-0.39, 0.29) is 0 Å². The molecule has 0 atom stereocenters. The third-order valence-corrected chi connectivity index (χ3v) is 2.94. The molecule has 0 unspecified atom stereocenters. The Morgan fingerprint density at radius 2 is 0.952 bits per heavy atom. The van der Waals surface area contributed by atoms with Gasteiger partial charge in [0.05, 0.1) is 0 Å². The van der Waals surface area contributed by atoms with Crippen molar-refractivity contribution in [3.05, 3.63) is 108 Å². The SMILES string of the molecule is C(C=Cc1ccccc1)=CCC=CC=Cc1ccccc1. The lowest BCUT2D eigenvalue weighted by Gasteiger charge is -1.88. The zero-order chi connectivity index (χ0) is 14.6. The zero-order valence-corrected chi connectivity index (χ0v) is 12.1. The molecule has 0 heteroatoms. The third-order valence-electron chi connectivity index (χ3n) is 2.94. The summed E-state index contributed by atoms with van der Waals surface area (Å²) in [7, 11) is 0. The molecule has 2 aromatic rings. The van der Waals surface area contributed by atoms with Crippen molar-refractivity contribution in [1.29, 1.82) is 0 Å². The summed E-state index contributed by atoms with van der Waals surface area (Å²) in [6.45, 7) is 0. The van der Waals surface area contributed by atoms with Gasteiger partial charge < -0.3 is 0 Å². The van der Waals surface area contributed by atoms with Gasteiger partial charge >= 0.3 is 0 Å². The van der Waals surface area contributed by atoms with E-state index >= 15 is 0 Å². The van der Waals surface area contributed by atoms with Crippen molar-refractivity contribution in [2.45, 2.75) is 6.42 Å². The minimum atomic E-state index is 0.943. The maximum atomic E-state index is 2.15. The van der Waals surface area contributed by atoms with Gasteiger partial charge in [-0.1, -0.05) is 109 Å². The Morgan fingerprint density at radius 3 is 1.38 bits per heavy atom. The Bertz CT molecular complexity index is 556. The molecule has 0 N–H and O–H groups in total. The average Bonchev–Trinajstić information content (AvgIpc) is 2.55. The van der Waals surface area contributed by atoms with Crippen LogP contribution >= 0.6 is 0 Å². The standard InChI is InChI=1S/C21H20/c1(2-4-8-14-20-16-10-6-11-17-20)3-5-9-15-21-18-12-7-13-19-21/h2-19H,1H2. The first-order chi connectivity index (χ1) is 10.4. The summed E-state index contributed by atoms with van der Waals surface area (Å²) >= 11 is 0. The summed E-state index contributed by atoms with van der Waals surface area (Å²) in [6, 6.07) is 20.6. The molecule has 21 heavy (non-hydrogen) atoms. The molecule has 0 radical (unpaired) electrons. The number of allylic oxidation sites excluding steroid dienone is 6. The van der Waals surface area contributed by atoms with Crippen LogP contribution in [0.3, 0.4) is 0 Å². The monoisotopic (exact) mass is 272 g/mol. The second kappa shape index (κ2) is 9.33. The Morgan fingerprint density at radius 1 is 0.524 bits per heavy atom. The van der Waals surface area contributed by atoms with E-state index < -0.39 is 0 Å². The molecule has 0 saturated heterocycles. The van der Waals surface area contributed by atoms with Gasteiger partial charge in [0.15, 0.2) is 0 Å². The molecule has 0 fully saturated rings. The van der Waals surface area contributed by atoms with Gasteiger partial charge in [-0.25, -0.2) is 0 Å². The van der Waals surface area contributed by atoms with Crippen LogP contribution < -0.4 is 0 Å². The van der Waals surface area contributed by atoms with Crippen molar-refractivity contribution in [2.24, 2.45) is 0 Å². The molecule has 0 aromatic heterocycles. The highest BCUT2D eigenvalue weighted by molar-refractivity contribution is 5.51. The molecule has 2 aromatic carbocycles. The number of benzene rings is 2. The zero-order valence-electron chi connectivity index (χ0n) is 12.1. The van der Waals surface area contributed by atoms with Crippen molar-refractivity contribution in [1.82, 2.24) is 0 Å². The van der Waals surface area contributed by atoms with Crippen molar-refractivity contribution in [2.75, 3.05) is 0 Å². The first-order valence-corrected chi connectivity index (χ1v) is 7.22. The second-order valence-electron chi connectivity index (χ2n) is 4.63. The van der Waals surface area contributed by atoms with Crippen molar-refractivity contribution < 1.29 is 0 Å². The van der Waals surface area contributed by atoms with Gasteiger partial charge in [-0.15, -0.1) is 0 Å². The minimum Gasteiger partial charge on any atom is -0.0807 e. The van der Waals surface area contributed by atoms with E-state index in [0.29, 0.717) is 0 Å². The van der Waals surface area contributed by atoms with Gasteiger partial charge in [0.2, 0.25) is 0 Å². The van der Waals surface area contributed by atoms with Crippen LogP contribution in [-0.2, 0) is 0 Å². The van der Waals surface area contributed by atoms with Crippen molar-refractivity contribution in [3.8, 4) is 0 Å². The average molecular weight is 272 g/mol. The quantitative estimate of drug-likeness (QED) is 0.573. The fraction of sp³-hybridized carbons (Fsp3) is 0.0476. The molecule has 104 valence electrons. The largest absolute Gasteiger partial charge is 0.0807 e. The molecule has 0 aliphatic rings. The van der Waals surface area contributed by atoms with Crippen LogP contribution in [0.25, 0.3) is 12.2 Å². The van der Waals surface area contributed by atoms with E-state index in [0.717, 1.165) is 6.42 Å². The van der Waals surface area contributed by atoms with Gasteiger partial charge in [0.1, 0.15) is 0 Å². The van der Waals surface area contributed by atoms with Gasteiger partial charge in [0.25, 0.3) is 0 Å². The molecule has 0 heterocycles. The first kappa shape index (κ1) is 14.8. The molecule has 0 spiro atoms. The number of hydrogen-bond acceptors (Lipinski definition) is 0. The van der Waals surface area contributed by atoms with E-state index in [2.05, 4.69) is 72.9 Å². The summed E-state index contributed by atoms with van der Waals surface area (Å²) in [6.07, 6.45) is 17.8. The van der Waals surface area contributed by atoms with Crippen LogP contribution in [0, 0.1) is 0 Å². The molecule has 0 aliphatic heterocycles. The summed E-state index contributed by atoms with van der Waals surface area (Å²) in [5.74, 6) is 0. The highest BCUT2D eigenvalue weighted by Gasteiger charge is 1.80. The fourth-order valence-electron chi connectivity index (χ4n) is 1.85. The molecule has 0 saturated carbocycles. The highest BCUT2D eigenvalue weighted by atomic mass is 13.9. The normalized spacial score (nSPS) is 12.2. The van der Waals surface area contributed by atoms with Crippen LogP contribution in [0.4, 0.5) is 0 Å². The Balaban J connectivity index is 1.69. The minimum absolute atomic E-state index is 0.943. The Labute approximate surface area is 127 Å². The summed E-state index contributed by atoms with van der Waals surface area (Å²) in [5.41, 5.74) is 2.45. The summed E-state index contributed by atoms with van der Waals surface area (Å²) in [5, 5.41) is 0. The fourth-order valence-corrected chi connectivity index (χ4v) is 1.85. The highest BCUT2D eigenvalue weighted by Crippen LogP contribution is 2.02. The first-order valence-electron chi connectivity index (χ1n) is 7.22. The molecule has 0 nitrogen and oxygen atoms in total. The Kier molecular flexibility index (Phi) is 6.57. The summed E-state index contributed by atoms with van der Waals surface area (Å²) in [4.78, 5) is 0. The van der Waals surface area contributed by atoms with Gasteiger partial charge in [-0.2, -0.15) is 0 Å². The van der Waals surface area contributed by atoms with Crippen LogP contribution in [0.5, 0.6) is 0 Å². The lowest BCUT2D eigenvalue weighted by Crippen LogP contribution is -1.67. The predicted molar refractivity (Wildman–Crippen MR) is 93.8 cm³/mol. The van der Waals surface area contributed by atoms with Crippen LogP contribution in [0.15, 0.2) is 97.1 Å². The van der Waals surface area contributed by atoms with Crippen molar-refractivity contribution >= 4 is 12.2 Å². The third kappa shape index (κ3) is 6.40. The van der Waals surface area contributed by atoms with Crippen molar-refractivity contribution in [3.63, 3.8) is 0 Å². The topological polar surface area (TPSA) is 0 Å². The molecule has 0 aliphatic carbocycles. The maximum Gasteiger partial charge on any atom is -0.0163 e. The van der Waals surface area contributed by atoms with Crippen LogP contribution in [0.1, 0.15) is 17.5 Å². The Hall–Kier alpha value is -2.60. The number of hydrogen-bond donors (Lipinski definition) is 0. The molecule has 0 bridgehead atoms. The molecule has 0 amide bonds. The summed E-state index contributed by atoms with van der Waals surface area (Å²) < 4.78 is 0. The van der Waals surface area contributed by atoms with Gasteiger partial charge in [-0.3, -0.25) is 0 Å². The van der Waals surface area contributed by atoms with Gasteiger partial charge in [0, 0.05) is 0 Å². The van der Waals surface area contributed by atoms with Crippen LogP contribution in [0.2, 0.25) is 0 Å². The lowest BCUT2D eigenvalue weighted by molar-refractivity contribution is 1.39. The van der Waals surface area contributed by atoms with E-state index in [4.69, 9.17) is 0 Å². The molecular weight excluding hydrogens is 252 g/mol. The number of rotatable bonds is 6. The predicted octanol–water partition coefficient (Wildman–Crippen LogP) is 5.92. The van der Waals surface area contributed by atoms with E-state index in [1.165, 1.54) is 11.1 Å². The van der Waals surface area contributed by atoms with E-state index in [9.17, 15) is 0 Å². The maximum absolute atomic E-state index is 2.15.